The molecular weight excluding hydrogens is 292 g/mol. The van der Waals surface area contributed by atoms with E-state index in [-0.39, 0.29) is 40.0 Å². The van der Waals surface area contributed by atoms with E-state index in [1.54, 1.807) is 0 Å². The molecule has 0 nitrogen and oxygen atoms in total. The van der Waals surface area contributed by atoms with Gasteiger partial charge in [0.25, 0.3) is 0 Å². The maximum absolute atomic E-state index is 3.90. The van der Waals surface area contributed by atoms with Gasteiger partial charge in [0.15, 0.2) is 0 Å². The maximum atomic E-state index is 3.90. The van der Waals surface area contributed by atoms with Crippen LogP contribution in [-0.4, -0.2) is 28.3 Å². The molecule has 0 aliphatic heterocycles. The number of benzene rings is 1. The summed E-state index contributed by atoms with van der Waals surface area (Å²) in [7, 11) is 0. The van der Waals surface area contributed by atoms with Crippen molar-refractivity contribution in [1.82, 2.24) is 0 Å². The number of halogens is 1. The summed E-state index contributed by atoms with van der Waals surface area (Å²) in [5, 5.41) is 0.861. The Balaban J connectivity index is 0.00000112. The minimum atomic E-state index is 0. The molecule has 1 aliphatic rings. The van der Waals surface area contributed by atoms with Gasteiger partial charge in [0, 0.05) is 5.25 Å². The number of rotatable bonds is 2. The van der Waals surface area contributed by atoms with Crippen molar-refractivity contribution in [2.45, 2.75) is 42.2 Å². The van der Waals surface area contributed by atoms with Crippen LogP contribution in [0.2, 0.25) is 0 Å². The third kappa shape index (κ3) is 5.35. The quantitative estimate of drug-likeness (QED) is 0.578. The molecule has 0 N–H and O–H groups in total. The molecule has 3 heteroatoms. The van der Waals surface area contributed by atoms with E-state index in [0.29, 0.717) is 0 Å². The zero-order valence-electron chi connectivity index (χ0n) is 9.62. The average Bonchev–Trinajstić information content (AvgIpc) is 2.23. The van der Waals surface area contributed by atoms with Crippen LogP contribution in [0.5, 0.6) is 0 Å². The van der Waals surface area contributed by atoms with Crippen molar-refractivity contribution in [3.8, 4) is 0 Å². The molecule has 0 saturated heterocycles. The van der Waals surface area contributed by atoms with Gasteiger partial charge >= 0.3 is 23.1 Å². The van der Waals surface area contributed by atoms with Crippen LogP contribution in [-0.2, 0) is 0 Å². The van der Waals surface area contributed by atoms with Crippen LogP contribution in [0.1, 0.15) is 37.7 Å². The summed E-state index contributed by atoms with van der Waals surface area (Å²) >= 11 is 2.05. The number of hydrogen-bond donors (Lipinski definition) is 0. The number of thioether (sulfide) groups is 1. The molecule has 1 fully saturated rings. The molecule has 16 heavy (non-hydrogen) atoms. The Morgan fingerprint density at radius 3 is 2.12 bits per heavy atom. The van der Waals surface area contributed by atoms with Gasteiger partial charge in [-0.1, -0.05) is 19.3 Å². The van der Waals surface area contributed by atoms with Crippen LogP contribution in [0, 0.1) is 6.92 Å². The first-order chi connectivity index (χ1) is 6.84. The fraction of sp³-hybridized carbons (Fsp3) is 0.462. The van der Waals surface area contributed by atoms with Crippen LogP contribution >= 0.6 is 11.8 Å². The smallest absolute Gasteiger partial charge is 1.00 e. The second kappa shape index (κ2) is 8.73. The first-order valence-electron chi connectivity index (χ1n) is 5.43. The second-order valence-electron chi connectivity index (χ2n) is 4.02. The monoisotopic (exact) mass is 308 g/mol. The van der Waals surface area contributed by atoms with Gasteiger partial charge in [-0.05, 0) is 17.7 Å². The Bertz CT molecular complexity index is 280. The predicted molar refractivity (Wildman–Crippen MR) is 69.4 cm³/mol. The van der Waals surface area contributed by atoms with Crippen LogP contribution in [0.25, 0.3) is 0 Å². The van der Waals surface area contributed by atoms with Crippen molar-refractivity contribution < 1.29 is 17.0 Å². The average molecular weight is 310 g/mol. The predicted octanol–water partition coefficient (Wildman–Crippen LogP) is 0.917. The van der Waals surface area contributed by atoms with Gasteiger partial charge in [0.05, 0.1) is 0 Å². The molecule has 0 spiro atoms. The fourth-order valence-corrected chi connectivity index (χ4v) is 3.19. The zero-order chi connectivity index (χ0) is 9.80. The molecule has 2 rings (SSSR count). The molecule has 1 aliphatic carbocycles. The second-order valence-corrected chi connectivity index (χ2v) is 5.40. The minimum absolute atomic E-state index is 0. The molecular formula is C13H17BrMgS. The van der Waals surface area contributed by atoms with Crippen LogP contribution in [0.15, 0.2) is 29.2 Å². The van der Waals surface area contributed by atoms with Gasteiger partial charge in [-0.15, -0.1) is 23.9 Å². The minimum Gasteiger partial charge on any atom is -1.00 e. The van der Waals surface area contributed by atoms with Crippen molar-refractivity contribution in [2.24, 2.45) is 0 Å². The van der Waals surface area contributed by atoms with E-state index in [9.17, 15) is 0 Å². The Hall–Kier alpha value is 0.686. The molecule has 84 valence electrons. The zero-order valence-corrected chi connectivity index (χ0v) is 13.4. The summed E-state index contributed by atoms with van der Waals surface area (Å²) in [5.74, 6) is 0. The topological polar surface area (TPSA) is 0 Å². The van der Waals surface area contributed by atoms with Gasteiger partial charge in [0.1, 0.15) is 0 Å². The standard InChI is InChI=1S/C13H17S.BrH.Mg/c1-11-7-9-13(10-8-11)14-12-5-3-2-4-6-12;;/h7-10,12H,1-6H2;1H;/q-1;;+2/p-1. The van der Waals surface area contributed by atoms with E-state index in [1.165, 1.54) is 37.0 Å². The number of hydrogen-bond acceptors (Lipinski definition) is 1. The first-order valence-corrected chi connectivity index (χ1v) is 6.31. The summed E-state index contributed by atoms with van der Waals surface area (Å²) in [6, 6.07) is 8.60. The summed E-state index contributed by atoms with van der Waals surface area (Å²) in [6.07, 6.45) is 7.08. The first kappa shape index (κ1) is 16.7. The molecule has 0 atom stereocenters. The maximum Gasteiger partial charge on any atom is 2.00 e. The summed E-state index contributed by atoms with van der Waals surface area (Å²) in [5.41, 5.74) is 1.11. The molecule has 0 unspecified atom stereocenters. The summed E-state index contributed by atoms with van der Waals surface area (Å²) in [6.45, 7) is 3.90. The van der Waals surface area contributed by atoms with Crippen LogP contribution in [0.3, 0.4) is 0 Å². The summed E-state index contributed by atoms with van der Waals surface area (Å²) in [4.78, 5) is 1.41. The van der Waals surface area contributed by atoms with E-state index < -0.39 is 0 Å². The third-order valence-electron chi connectivity index (χ3n) is 2.78. The van der Waals surface area contributed by atoms with Gasteiger partial charge in [-0.3, -0.25) is 0 Å². The molecule has 0 heterocycles. The SMILES string of the molecule is [Br-].[CH2-]c1ccc(SC2CCCCC2)cc1.[Mg+2]. The van der Waals surface area contributed by atoms with Crippen LogP contribution in [0.4, 0.5) is 0 Å². The van der Waals surface area contributed by atoms with E-state index in [1.807, 2.05) is 11.8 Å². The summed E-state index contributed by atoms with van der Waals surface area (Å²) < 4.78 is 0. The van der Waals surface area contributed by atoms with E-state index in [0.717, 1.165) is 10.8 Å². The van der Waals surface area contributed by atoms with Crippen molar-refractivity contribution in [3.63, 3.8) is 0 Å². The molecule has 0 amide bonds. The largest absolute Gasteiger partial charge is 2.00 e. The van der Waals surface area contributed by atoms with E-state index >= 15 is 0 Å². The van der Waals surface area contributed by atoms with Gasteiger partial charge in [-0.25, -0.2) is 0 Å². The van der Waals surface area contributed by atoms with E-state index in [2.05, 4.69) is 31.2 Å². The van der Waals surface area contributed by atoms with E-state index in [4.69, 9.17) is 0 Å². The Morgan fingerprint density at radius 2 is 1.56 bits per heavy atom. The normalized spacial score (nSPS) is 16.0. The molecule has 0 radical (unpaired) electrons. The van der Waals surface area contributed by atoms with Gasteiger partial charge in [-0.2, -0.15) is 24.6 Å². The molecule has 0 bridgehead atoms. The van der Waals surface area contributed by atoms with Gasteiger partial charge in [0.2, 0.25) is 0 Å². The fourth-order valence-electron chi connectivity index (χ4n) is 1.94. The molecule has 0 aromatic heterocycles. The third-order valence-corrected chi connectivity index (χ3v) is 4.13. The van der Waals surface area contributed by atoms with Crippen LogP contribution < -0.4 is 17.0 Å². The Labute approximate surface area is 130 Å². The van der Waals surface area contributed by atoms with Gasteiger partial charge < -0.3 is 17.0 Å². The molecule has 1 saturated carbocycles. The van der Waals surface area contributed by atoms with Crippen molar-refractivity contribution in [3.05, 3.63) is 36.8 Å². The molecule has 1 aromatic carbocycles. The molecule has 1 aromatic rings. The van der Waals surface area contributed by atoms with Crippen molar-refractivity contribution >= 4 is 34.8 Å². The van der Waals surface area contributed by atoms with Crippen molar-refractivity contribution in [2.75, 3.05) is 0 Å². The Morgan fingerprint density at radius 1 is 1.00 bits per heavy atom. The Kier molecular flexibility index (Phi) is 9.10. The van der Waals surface area contributed by atoms with Crippen molar-refractivity contribution in [1.29, 1.82) is 0 Å².